The van der Waals surface area contributed by atoms with Crippen LogP contribution in [0.1, 0.15) is 12.5 Å². The molecule has 1 aromatic rings. The number of hydrogen-bond donors (Lipinski definition) is 1. The molecular formula is C14H21NO3. The molecule has 0 saturated heterocycles. The van der Waals surface area contributed by atoms with Gasteiger partial charge in [0, 0.05) is 13.2 Å². The zero-order valence-corrected chi connectivity index (χ0v) is 10.9. The van der Waals surface area contributed by atoms with E-state index in [1.807, 2.05) is 13.0 Å². The molecule has 0 amide bonds. The van der Waals surface area contributed by atoms with Crippen molar-refractivity contribution in [2.45, 2.75) is 13.3 Å². The molecule has 1 aromatic carbocycles. The SMILES string of the molecule is CCOCCNCCc1ccc2c(c1)OCCO2. The molecule has 0 unspecified atom stereocenters. The Morgan fingerprint density at radius 2 is 2.00 bits per heavy atom. The lowest BCUT2D eigenvalue weighted by molar-refractivity contribution is 0.149. The van der Waals surface area contributed by atoms with Crippen molar-refractivity contribution in [2.75, 3.05) is 39.5 Å². The second kappa shape index (κ2) is 7.24. The highest BCUT2D eigenvalue weighted by molar-refractivity contribution is 5.43. The molecule has 1 N–H and O–H groups in total. The Labute approximate surface area is 108 Å². The Balaban J connectivity index is 1.72. The van der Waals surface area contributed by atoms with Gasteiger partial charge in [0.15, 0.2) is 11.5 Å². The third-order valence-electron chi connectivity index (χ3n) is 2.82. The van der Waals surface area contributed by atoms with E-state index in [1.165, 1.54) is 5.56 Å². The van der Waals surface area contributed by atoms with Gasteiger partial charge in [0.25, 0.3) is 0 Å². The molecule has 18 heavy (non-hydrogen) atoms. The van der Waals surface area contributed by atoms with Crippen LogP contribution in [0.5, 0.6) is 11.5 Å². The zero-order valence-electron chi connectivity index (χ0n) is 10.9. The van der Waals surface area contributed by atoms with Gasteiger partial charge in [-0.25, -0.2) is 0 Å². The second-order valence-electron chi connectivity index (χ2n) is 4.17. The van der Waals surface area contributed by atoms with E-state index in [4.69, 9.17) is 14.2 Å². The third kappa shape index (κ3) is 3.89. The van der Waals surface area contributed by atoms with E-state index < -0.39 is 0 Å². The van der Waals surface area contributed by atoms with Crippen molar-refractivity contribution in [3.8, 4) is 11.5 Å². The maximum absolute atomic E-state index is 5.56. The van der Waals surface area contributed by atoms with Crippen LogP contribution >= 0.6 is 0 Å². The van der Waals surface area contributed by atoms with E-state index in [0.29, 0.717) is 13.2 Å². The van der Waals surface area contributed by atoms with Crippen LogP contribution in [0.4, 0.5) is 0 Å². The predicted molar refractivity (Wildman–Crippen MR) is 70.5 cm³/mol. The minimum absolute atomic E-state index is 0.642. The molecule has 4 nitrogen and oxygen atoms in total. The summed E-state index contributed by atoms with van der Waals surface area (Å²) in [5, 5.41) is 3.35. The minimum Gasteiger partial charge on any atom is -0.486 e. The van der Waals surface area contributed by atoms with Crippen LogP contribution < -0.4 is 14.8 Å². The third-order valence-corrected chi connectivity index (χ3v) is 2.82. The summed E-state index contributed by atoms with van der Waals surface area (Å²) in [5.74, 6) is 1.72. The molecule has 0 radical (unpaired) electrons. The molecule has 0 bridgehead atoms. The van der Waals surface area contributed by atoms with Gasteiger partial charge in [0.2, 0.25) is 0 Å². The summed E-state index contributed by atoms with van der Waals surface area (Å²) in [6, 6.07) is 6.15. The van der Waals surface area contributed by atoms with Crippen molar-refractivity contribution in [2.24, 2.45) is 0 Å². The number of ether oxygens (including phenoxy) is 3. The van der Waals surface area contributed by atoms with Gasteiger partial charge in [-0.05, 0) is 37.6 Å². The fourth-order valence-electron chi connectivity index (χ4n) is 1.89. The van der Waals surface area contributed by atoms with Crippen molar-refractivity contribution < 1.29 is 14.2 Å². The molecule has 0 aromatic heterocycles. The van der Waals surface area contributed by atoms with Gasteiger partial charge >= 0.3 is 0 Å². The van der Waals surface area contributed by atoms with Gasteiger partial charge in [-0.3, -0.25) is 0 Å². The average Bonchev–Trinajstić information content (AvgIpc) is 2.42. The quantitative estimate of drug-likeness (QED) is 0.748. The van der Waals surface area contributed by atoms with E-state index in [9.17, 15) is 0 Å². The number of nitrogens with one attached hydrogen (secondary N) is 1. The Morgan fingerprint density at radius 1 is 1.17 bits per heavy atom. The standard InChI is InChI=1S/C14H21NO3/c1-2-16-8-7-15-6-5-12-3-4-13-14(11-12)18-10-9-17-13/h3-4,11,15H,2,5-10H2,1H3. The second-order valence-corrected chi connectivity index (χ2v) is 4.17. The molecule has 2 rings (SSSR count). The lowest BCUT2D eigenvalue weighted by atomic mass is 10.1. The topological polar surface area (TPSA) is 39.7 Å². The van der Waals surface area contributed by atoms with E-state index in [1.54, 1.807) is 0 Å². The molecule has 4 heteroatoms. The van der Waals surface area contributed by atoms with Crippen molar-refractivity contribution in [1.82, 2.24) is 5.32 Å². The van der Waals surface area contributed by atoms with Crippen LogP contribution in [0.2, 0.25) is 0 Å². The maximum atomic E-state index is 5.56. The molecule has 1 heterocycles. The van der Waals surface area contributed by atoms with Crippen molar-refractivity contribution in [3.63, 3.8) is 0 Å². The average molecular weight is 251 g/mol. The Kier molecular flexibility index (Phi) is 5.30. The largest absolute Gasteiger partial charge is 0.486 e. The van der Waals surface area contributed by atoms with Crippen molar-refractivity contribution >= 4 is 0 Å². The van der Waals surface area contributed by atoms with E-state index >= 15 is 0 Å². The molecule has 1 aliphatic heterocycles. The van der Waals surface area contributed by atoms with Crippen LogP contribution in [0.15, 0.2) is 18.2 Å². The first kappa shape index (κ1) is 13.2. The lowest BCUT2D eigenvalue weighted by Gasteiger charge is -2.18. The van der Waals surface area contributed by atoms with E-state index in [2.05, 4.69) is 17.4 Å². The summed E-state index contributed by atoms with van der Waals surface area (Å²) in [6.07, 6.45) is 0.989. The zero-order chi connectivity index (χ0) is 12.6. The van der Waals surface area contributed by atoms with Gasteiger partial charge in [0.1, 0.15) is 13.2 Å². The van der Waals surface area contributed by atoms with Crippen LogP contribution in [-0.4, -0.2) is 39.5 Å². The molecule has 0 aliphatic carbocycles. The number of fused-ring (bicyclic) bond motifs is 1. The first-order valence-electron chi connectivity index (χ1n) is 6.57. The highest BCUT2D eigenvalue weighted by atomic mass is 16.6. The summed E-state index contributed by atoms with van der Waals surface area (Å²) < 4.78 is 16.3. The summed E-state index contributed by atoms with van der Waals surface area (Å²) in [5.41, 5.74) is 1.27. The number of benzene rings is 1. The smallest absolute Gasteiger partial charge is 0.161 e. The fraction of sp³-hybridized carbons (Fsp3) is 0.571. The van der Waals surface area contributed by atoms with Crippen molar-refractivity contribution in [1.29, 1.82) is 0 Å². The first-order chi connectivity index (χ1) is 8.90. The highest BCUT2D eigenvalue weighted by Crippen LogP contribution is 2.30. The lowest BCUT2D eigenvalue weighted by Crippen LogP contribution is -2.22. The van der Waals surface area contributed by atoms with Gasteiger partial charge in [0.05, 0.1) is 6.61 Å². The number of rotatable bonds is 7. The first-order valence-corrected chi connectivity index (χ1v) is 6.57. The monoisotopic (exact) mass is 251 g/mol. The van der Waals surface area contributed by atoms with E-state index in [-0.39, 0.29) is 0 Å². The highest BCUT2D eigenvalue weighted by Gasteiger charge is 2.11. The molecule has 0 spiro atoms. The summed E-state index contributed by atoms with van der Waals surface area (Å²) >= 11 is 0. The van der Waals surface area contributed by atoms with Crippen molar-refractivity contribution in [3.05, 3.63) is 23.8 Å². The van der Waals surface area contributed by atoms with Gasteiger partial charge in [-0.15, -0.1) is 0 Å². The summed E-state index contributed by atoms with van der Waals surface area (Å²) in [4.78, 5) is 0. The normalized spacial score (nSPS) is 13.6. The van der Waals surface area contributed by atoms with Crippen LogP contribution in [0, 0.1) is 0 Å². The van der Waals surface area contributed by atoms with Crippen LogP contribution in [0.3, 0.4) is 0 Å². The Hall–Kier alpha value is -1.26. The molecule has 0 fully saturated rings. The Morgan fingerprint density at radius 3 is 2.83 bits per heavy atom. The molecule has 0 atom stereocenters. The minimum atomic E-state index is 0.642. The summed E-state index contributed by atoms with van der Waals surface area (Å²) in [7, 11) is 0. The maximum Gasteiger partial charge on any atom is 0.161 e. The summed E-state index contributed by atoms with van der Waals surface area (Å²) in [6.45, 7) is 6.70. The van der Waals surface area contributed by atoms with Gasteiger partial charge < -0.3 is 19.5 Å². The molecular weight excluding hydrogens is 230 g/mol. The Bertz CT molecular complexity index is 368. The molecule has 0 saturated carbocycles. The fourth-order valence-corrected chi connectivity index (χ4v) is 1.89. The van der Waals surface area contributed by atoms with Crippen LogP contribution in [0.25, 0.3) is 0 Å². The van der Waals surface area contributed by atoms with Gasteiger partial charge in [-0.2, -0.15) is 0 Å². The number of hydrogen-bond acceptors (Lipinski definition) is 4. The molecule has 1 aliphatic rings. The van der Waals surface area contributed by atoms with Crippen LogP contribution in [-0.2, 0) is 11.2 Å². The molecule has 100 valence electrons. The predicted octanol–water partition coefficient (Wildman–Crippen LogP) is 1.63. The van der Waals surface area contributed by atoms with E-state index in [0.717, 1.165) is 44.2 Å². The van der Waals surface area contributed by atoms with Gasteiger partial charge in [-0.1, -0.05) is 6.07 Å².